The van der Waals surface area contributed by atoms with Crippen LogP contribution in [0.1, 0.15) is 109 Å². The molecule has 1 amide bonds. The maximum absolute atomic E-state index is 13.3. The lowest BCUT2D eigenvalue weighted by Crippen LogP contribution is -2.38. The molecule has 2 aromatic rings. The first kappa shape index (κ1) is 30.6. The lowest BCUT2D eigenvalue weighted by atomic mass is 9.84. The monoisotopic (exact) mass is 541 g/mol. The lowest BCUT2D eigenvalue weighted by Gasteiger charge is -2.32. The summed E-state index contributed by atoms with van der Waals surface area (Å²) in [5, 5.41) is 13.1. The third kappa shape index (κ3) is 8.05. The van der Waals surface area contributed by atoms with Crippen LogP contribution in [-0.2, 0) is 12.0 Å². The Morgan fingerprint density at radius 2 is 1.68 bits per heavy atom. The number of rotatable bonds is 8. The van der Waals surface area contributed by atoms with Crippen LogP contribution in [0.2, 0.25) is 0 Å². The van der Waals surface area contributed by atoms with Crippen LogP contribution in [0, 0.1) is 12.8 Å². The van der Waals surface area contributed by atoms with Crippen LogP contribution in [0.3, 0.4) is 0 Å². The molecule has 1 aromatic carbocycles. The number of anilines is 1. The number of carbonyl (C=O) groups excluding carboxylic acids is 1. The van der Waals surface area contributed by atoms with E-state index in [9.17, 15) is 9.90 Å². The molecule has 0 radical (unpaired) electrons. The molecule has 0 spiro atoms. The highest BCUT2D eigenvalue weighted by Crippen LogP contribution is 2.41. The van der Waals surface area contributed by atoms with Crippen LogP contribution in [-0.4, -0.2) is 39.5 Å². The van der Waals surface area contributed by atoms with Crippen LogP contribution in [0.4, 0.5) is 5.69 Å². The third-order valence-corrected chi connectivity index (χ3v) is 8.33. The average molecular weight is 542 g/mol. The molecule has 1 saturated carbocycles. The molecule has 2 N–H and O–H groups in total. The highest BCUT2D eigenvalue weighted by Gasteiger charge is 2.27. The van der Waals surface area contributed by atoms with E-state index >= 15 is 0 Å². The first-order valence-corrected chi connectivity index (χ1v) is 15.0. The molecule has 0 unspecified atom stereocenters. The summed E-state index contributed by atoms with van der Waals surface area (Å²) in [4.78, 5) is 13.3. The second-order valence-electron chi connectivity index (χ2n) is 13.8. The molecule has 1 heterocycles. The van der Waals surface area contributed by atoms with E-state index in [4.69, 9.17) is 0 Å². The summed E-state index contributed by atoms with van der Waals surface area (Å²) in [6.07, 6.45) is 6.41. The maximum Gasteiger partial charge on any atom is 0.253 e. The van der Waals surface area contributed by atoms with Gasteiger partial charge in [-0.15, -0.1) is 0 Å². The number of carbonyl (C=O) groups is 1. The topological polar surface area (TPSA) is 57.5 Å². The third-order valence-electron chi connectivity index (χ3n) is 7.31. The van der Waals surface area contributed by atoms with Gasteiger partial charge in [0.25, 0.3) is 5.91 Å². The summed E-state index contributed by atoms with van der Waals surface area (Å²) in [6, 6.07) is 8.86. The van der Waals surface area contributed by atoms with Gasteiger partial charge in [-0.1, -0.05) is 46.1 Å². The Bertz CT molecular complexity index is 1110. The Morgan fingerprint density at radius 3 is 2.24 bits per heavy atom. The van der Waals surface area contributed by atoms with Gasteiger partial charge >= 0.3 is 0 Å². The molecule has 38 heavy (non-hydrogen) atoms. The van der Waals surface area contributed by atoms with E-state index in [1.807, 2.05) is 11.9 Å². The van der Waals surface area contributed by atoms with Crippen molar-refractivity contribution in [3.8, 4) is 11.3 Å². The van der Waals surface area contributed by atoms with E-state index in [0.29, 0.717) is 11.5 Å². The minimum absolute atomic E-state index is 0.0409. The fraction of sp³-hybridized carbons (Fsp3) is 0.656. The number of aliphatic hydroxyl groups is 1. The van der Waals surface area contributed by atoms with Crippen molar-refractivity contribution in [2.75, 3.05) is 17.9 Å². The van der Waals surface area contributed by atoms with E-state index in [2.05, 4.69) is 94.0 Å². The van der Waals surface area contributed by atoms with Gasteiger partial charge in [0.2, 0.25) is 0 Å². The van der Waals surface area contributed by atoms with Crippen molar-refractivity contribution in [3.05, 3.63) is 41.1 Å². The van der Waals surface area contributed by atoms with Crippen LogP contribution >= 0.6 is 11.9 Å². The molecule has 1 aliphatic rings. The van der Waals surface area contributed by atoms with Crippen molar-refractivity contribution < 1.29 is 9.90 Å². The highest BCUT2D eigenvalue weighted by atomic mass is 32.2. The van der Waals surface area contributed by atoms with Gasteiger partial charge in [0.1, 0.15) is 0 Å². The Kier molecular flexibility index (Phi) is 9.41. The number of hydrogen-bond acceptors (Lipinski definition) is 4. The van der Waals surface area contributed by atoms with Crippen molar-refractivity contribution in [3.63, 3.8) is 0 Å². The average Bonchev–Trinajstić information content (AvgIpc) is 3.11. The van der Waals surface area contributed by atoms with Gasteiger partial charge in [0.05, 0.1) is 16.9 Å². The predicted molar refractivity (Wildman–Crippen MR) is 164 cm³/mol. The molecule has 0 atom stereocenters. The molecule has 1 aliphatic carbocycles. The predicted octanol–water partition coefficient (Wildman–Crippen LogP) is 7.72. The fourth-order valence-corrected chi connectivity index (χ4v) is 6.48. The summed E-state index contributed by atoms with van der Waals surface area (Å²) < 4.78 is 4.79. The van der Waals surface area contributed by atoms with Crippen LogP contribution < -0.4 is 9.62 Å². The number of benzene rings is 1. The molecule has 5 nitrogen and oxygen atoms in total. The number of aromatic nitrogens is 1. The number of hydrogen-bond donors (Lipinski definition) is 2. The first-order valence-electron chi connectivity index (χ1n) is 14.2. The summed E-state index contributed by atoms with van der Waals surface area (Å²) in [6.45, 7) is 20.2. The minimum Gasteiger partial charge on any atom is -0.389 e. The standard InChI is InChI=1S/C32H51N3O2S/c1-22-25(29(36)33-21-32(8,9)37)19-28(35(22)20-23-14-12-11-13-15-23)24-16-17-27(26(18-24)30(2,3)4)34(10)38-31(5,6)7/h16-19,23,37H,11-15,20-21H2,1-10H3,(H,33,36). The molecule has 6 heteroatoms. The fourth-order valence-electron chi connectivity index (χ4n) is 5.40. The summed E-state index contributed by atoms with van der Waals surface area (Å²) in [5.41, 5.74) is 5.48. The molecule has 1 aromatic heterocycles. The highest BCUT2D eigenvalue weighted by molar-refractivity contribution is 8.01. The van der Waals surface area contributed by atoms with Crippen LogP contribution in [0.25, 0.3) is 11.3 Å². The zero-order chi connectivity index (χ0) is 28.5. The van der Waals surface area contributed by atoms with Gasteiger partial charge in [-0.25, -0.2) is 0 Å². The molecule has 212 valence electrons. The Morgan fingerprint density at radius 1 is 1.05 bits per heavy atom. The van der Waals surface area contributed by atoms with Gasteiger partial charge in [0.15, 0.2) is 0 Å². The maximum atomic E-state index is 13.3. The molecule has 0 aliphatic heterocycles. The van der Waals surface area contributed by atoms with E-state index in [-0.39, 0.29) is 22.6 Å². The zero-order valence-electron chi connectivity index (χ0n) is 25.5. The number of nitrogens with zero attached hydrogens (tertiary/aromatic N) is 2. The van der Waals surface area contributed by atoms with Crippen LogP contribution in [0.5, 0.6) is 0 Å². The normalized spacial score (nSPS) is 15.6. The second-order valence-corrected chi connectivity index (χ2v) is 15.8. The van der Waals surface area contributed by atoms with Gasteiger partial charge in [0, 0.05) is 36.3 Å². The number of nitrogens with one attached hydrogen (secondary N) is 1. The Balaban J connectivity index is 2.09. The largest absolute Gasteiger partial charge is 0.389 e. The van der Waals surface area contributed by atoms with Gasteiger partial charge < -0.3 is 19.3 Å². The van der Waals surface area contributed by atoms with Crippen molar-refractivity contribution in [2.45, 2.75) is 117 Å². The van der Waals surface area contributed by atoms with Crippen molar-refractivity contribution >= 4 is 23.5 Å². The molecule has 1 fully saturated rings. The van der Waals surface area contributed by atoms with Crippen molar-refractivity contribution in [2.24, 2.45) is 5.92 Å². The Labute approximate surface area is 235 Å². The van der Waals surface area contributed by atoms with E-state index in [1.165, 1.54) is 43.4 Å². The molecular formula is C32H51N3O2S. The Hall–Kier alpha value is -1.92. The smallest absolute Gasteiger partial charge is 0.253 e. The lowest BCUT2D eigenvalue weighted by molar-refractivity contribution is 0.0694. The van der Waals surface area contributed by atoms with Crippen molar-refractivity contribution in [1.29, 1.82) is 0 Å². The second kappa shape index (κ2) is 11.7. The van der Waals surface area contributed by atoms with E-state index < -0.39 is 5.60 Å². The minimum atomic E-state index is -0.953. The SMILES string of the molecule is Cc1c(C(=O)NCC(C)(C)O)cc(-c2ccc(N(C)SC(C)(C)C)c(C(C)(C)C)c2)n1CC1CCCCC1. The quantitative estimate of drug-likeness (QED) is 0.336. The van der Waals surface area contributed by atoms with Gasteiger partial charge in [-0.2, -0.15) is 0 Å². The molecular weight excluding hydrogens is 490 g/mol. The van der Waals surface area contributed by atoms with Gasteiger partial charge in [-0.3, -0.25) is 4.79 Å². The zero-order valence-corrected chi connectivity index (χ0v) is 26.3. The van der Waals surface area contributed by atoms with E-state index in [1.54, 1.807) is 13.8 Å². The molecule has 0 saturated heterocycles. The molecule has 3 rings (SSSR count). The van der Waals surface area contributed by atoms with Crippen LogP contribution in [0.15, 0.2) is 24.3 Å². The number of amides is 1. The van der Waals surface area contributed by atoms with Gasteiger partial charge in [-0.05, 0) is 107 Å². The summed E-state index contributed by atoms with van der Waals surface area (Å²) >= 11 is 1.84. The first-order chi connectivity index (χ1) is 17.5. The van der Waals surface area contributed by atoms with E-state index in [0.717, 1.165) is 23.5 Å². The summed E-state index contributed by atoms with van der Waals surface area (Å²) in [5.74, 6) is 0.513. The van der Waals surface area contributed by atoms with Crippen molar-refractivity contribution in [1.82, 2.24) is 9.88 Å². The summed E-state index contributed by atoms with van der Waals surface area (Å²) in [7, 11) is 2.15. The molecule has 0 bridgehead atoms.